The van der Waals surface area contributed by atoms with Crippen molar-refractivity contribution in [2.75, 3.05) is 26.3 Å². The molecule has 0 saturated carbocycles. The molecule has 2 aromatic rings. The lowest BCUT2D eigenvalue weighted by atomic mass is 9.88. The number of hydrogen-bond donors (Lipinski definition) is 5. The molecule has 6 N–H and O–H groups in total. The summed E-state index contributed by atoms with van der Waals surface area (Å²) in [5.74, 6) is 0.739. The number of aliphatic hydroxyl groups is 1. The molecule has 0 amide bonds. The number of nitrogens with one attached hydrogen (secondary N) is 1. The van der Waals surface area contributed by atoms with Gasteiger partial charge in [-0.05, 0) is 66.1 Å². The van der Waals surface area contributed by atoms with Crippen molar-refractivity contribution in [1.82, 2.24) is 0 Å². The van der Waals surface area contributed by atoms with Gasteiger partial charge >= 0.3 is 0 Å². The molecule has 1 atom stereocenters. The van der Waals surface area contributed by atoms with Gasteiger partial charge in [-0.25, -0.2) is 0 Å². The standard InChI is InChI=1S/C26H35N3O6/c1-16(2)19(7-9-20(31)8-5-17-6-10-22(32)23(13-17)34-4)11-18-12-21(29-26(27)28-3)25(33)24(14-18)35-15-30/h6-7,9-10,12-14,16,19,30,32-33H,5,8,11,15H2,1-4H3,(H3,27,28,29)/b9-7+/t19-/m0/s1. The maximum atomic E-state index is 12.5. The minimum Gasteiger partial charge on any atom is -0.504 e. The number of carbonyl (C=O) groups is 1. The predicted molar refractivity (Wildman–Crippen MR) is 136 cm³/mol. The van der Waals surface area contributed by atoms with Crippen molar-refractivity contribution in [3.05, 3.63) is 53.6 Å². The number of methoxy groups -OCH3 is 1. The number of phenolic OH excluding ortho intramolecular Hbond substituents is 2. The van der Waals surface area contributed by atoms with Gasteiger partial charge in [0, 0.05) is 13.5 Å². The monoisotopic (exact) mass is 485 g/mol. The van der Waals surface area contributed by atoms with Crippen LogP contribution in [0.1, 0.15) is 31.4 Å². The molecule has 9 nitrogen and oxygen atoms in total. The average Bonchev–Trinajstić information content (AvgIpc) is 2.83. The first kappa shape index (κ1) is 27.5. The average molecular weight is 486 g/mol. The number of aromatic hydroxyl groups is 2. The van der Waals surface area contributed by atoms with E-state index in [1.165, 1.54) is 14.2 Å². The molecule has 2 rings (SSSR count). The van der Waals surface area contributed by atoms with E-state index in [0.29, 0.717) is 30.7 Å². The van der Waals surface area contributed by atoms with E-state index >= 15 is 0 Å². The van der Waals surface area contributed by atoms with E-state index in [4.69, 9.17) is 15.2 Å². The number of benzene rings is 2. The normalized spacial score (nSPS) is 12.7. The van der Waals surface area contributed by atoms with Gasteiger partial charge in [0.25, 0.3) is 0 Å². The molecule has 0 bridgehead atoms. The molecule has 9 heteroatoms. The number of anilines is 1. The number of aryl methyl sites for hydroxylation is 1. The Morgan fingerprint density at radius 2 is 1.89 bits per heavy atom. The van der Waals surface area contributed by atoms with Crippen molar-refractivity contribution in [2.24, 2.45) is 22.6 Å². The molecule has 0 unspecified atom stereocenters. The minimum absolute atomic E-state index is 0.00742. The number of nitrogens with zero attached hydrogens (tertiary/aromatic N) is 1. The van der Waals surface area contributed by atoms with Gasteiger partial charge in [-0.1, -0.05) is 26.0 Å². The van der Waals surface area contributed by atoms with Crippen molar-refractivity contribution in [3.63, 3.8) is 0 Å². The second kappa shape index (κ2) is 13.2. The van der Waals surface area contributed by atoms with Gasteiger partial charge in [0.1, 0.15) is 0 Å². The van der Waals surface area contributed by atoms with Crippen LogP contribution in [-0.4, -0.2) is 48.0 Å². The Balaban J connectivity index is 2.14. The summed E-state index contributed by atoms with van der Waals surface area (Å²) >= 11 is 0. The van der Waals surface area contributed by atoms with Crippen LogP contribution in [0, 0.1) is 11.8 Å². The number of aliphatic hydroxyl groups excluding tert-OH is 1. The summed E-state index contributed by atoms with van der Waals surface area (Å²) in [4.78, 5) is 16.4. The summed E-state index contributed by atoms with van der Waals surface area (Å²) < 4.78 is 10.3. The molecule has 190 valence electrons. The Morgan fingerprint density at radius 1 is 1.17 bits per heavy atom. The Kier molecular flexibility index (Phi) is 10.4. The van der Waals surface area contributed by atoms with E-state index < -0.39 is 6.79 Å². The van der Waals surface area contributed by atoms with Crippen LogP contribution in [0.3, 0.4) is 0 Å². The number of guanidine groups is 1. The Morgan fingerprint density at radius 3 is 2.51 bits per heavy atom. The molecular formula is C26H35N3O6. The lowest BCUT2D eigenvalue weighted by molar-refractivity contribution is -0.114. The van der Waals surface area contributed by atoms with Crippen LogP contribution >= 0.6 is 0 Å². The topological polar surface area (TPSA) is 147 Å². The van der Waals surface area contributed by atoms with E-state index in [1.54, 1.807) is 36.4 Å². The largest absolute Gasteiger partial charge is 0.504 e. The third-order valence-electron chi connectivity index (χ3n) is 5.62. The Hall–Kier alpha value is -3.72. The van der Waals surface area contributed by atoms with Gasteiger partial charge in [0.2, 0.25) is 0 Å². The number of hydrogen-bond acceptors (Lipinski definition) is 7. The van der Waals surface area contributed by atoms with Gasteiger partial charge in [-0.3, -0.25) is 9.79 Å². The van der Waals surface area contributed by atoms with E-state index in [-0.39, 0.29) is 40.8 Å². The molecule has 0 heterocycles. The van der Waals surface area contributed by atoms with Crippen LogP contribution in [0.25, 0.3) is 0 Å². The highest BCUT2D eigenvalue weighted by Crippen LogP contribution is 2.37. The quantitative estimate of drug-likeness (QED) is 0.101. The fourth-order valence-electron chi connectivity index (χ4n) is 3.51. The molecule has 2 aromatic carbocycles. The van der Waals surface area contributed by atoms with E-state index in [0.717, 1.165) is 11.1 Å². The number of phenols is 2. The van der Waals surface area contributed by atoms with Crippen molar-refractivity contribution in [2.45, 2.75) is 33.1 Å². The second-order valence-corrected chi connectivity index (χ2v) is 8.44. The van der Waals surface area contributed by atoms with Crippen molar-refractivity contribution >= 4 is 17.4 Å². The molecule has 0 aliphatic heterocycles. The van der Waals surface area contributed by atoms with E-state index in [1.807, 2.05) is 6.08 Å². The summed E-state index contributed by atoms with van der Waals surface area (Å²) in [5.41, 5.74) is 7.77. The van der Waals surface area contributed by atoms with E-state index in [9.17, 15) is 20.1 Å². The predicted octanol–water partition coefficient (Wildman–Crippen LogP) is 3.36. The SMILES string of the molecule is CN=C(N)Nc1cc(C[C@H](/C=C/C(=O)CCc2ccc(O)c(OC)c2)C(C)C)cc(OCO)c1O. The van der Waals surface area contributed by atoms with Crippen LogP contribution in [0.2, 0.25) is 0 Å². The summed E-state index contributed by atoms with van der Waals surface area (Å²) in [6, 6.07) is 8.44. The molecule has 0 radical (unpaired) electrons. The minimum atomic E-state index is -0.595. The van der Waals surface area contributed by atoms with Gasteiger partial charge in [0.05, 0.1) is 12.8 Å². The van der Waals surface area contributed by atoms with Gasteiger partial charge in [-0.2, -0.15) is 0 Å². The van der Waals surface area contributed by atoms with Gasteiger partial charge in [-0.15, -0.1) is 0 Å². The molecule has 0 spiro atoms. The van der Waals surface area contributed by atoms with Crippen LogP contribution in [0.4, 0.5) is 5.69 Å². The van der Waals surface area contributed by atoms with Crippen molar-refractivity contribution in [1.29, 1.82) is 0 Å². The van der Waals surface area contributed by atoms with Gasteiger partial charge in [0.15, 0.2) is 41.5 Å². The Bertz CT molecular complexity index is 1070. The first-order valence-electron chi connectivity index (χ1n) is 11.3. The second-order valence-electron chi connectivity index (χ2n) is 8.44. The fraction of sp³-hybridized carbons (Fsp3) is 0.385. The zero-order valence-corrected chi connectivity index (χ0v) is 20.6. The number of carbonyl (C=O) groups excluding carboxylic acids is 1. The molecule has 0 fully saturated rings. The number of nitrogens with two attached hydrogens (primary N) is 1. The Labute approximate surface area is 205 Å². The number of ketones is 1. The van der Waals surface area contributed by atoms with Crippen LogP contribution in [0.5, 0.6) is 23.0 Å². The fourth-order valence-corrected chi connectivity index (χ4v) is 3.51. The van der Waals surface area contributed by atoms with Crippen LogP contribution in [0.15, 0.2) is 47.5 Å². The summed E-state index contributed by atoms with van der Waals surface area (Å²) in [6.07, 6.45) is 4.93. The van der Waals surface area contributed by atoms with Crippen LogP contribution < -0.4 is 20.5 Å². The molecular weight excluding hydrogens is 450 g/mol. The summed E-state index contributed by atoms with van der Waals surface area (Å²) in [5, 5.41) is 32.1. The lowest BCUT2D eigenvalue weighted by Gasteiger charge is -2.19. The molecule has 0 aliphatic rings. The number of allylic oxidation sites excluding steroid dienone is 2. The highest BCUT2D eigenvalue weighted by molar-refractivity contribution is 5.94. The first-order valence-corrected chi connectivity index (χ1v) is 11.3. The number of ether oxygens (including phenoxy) is 2. The molecule has 0 aliphatic carbocycles. The van der Waals surface area contributed by atoms with E-state index in [2.05, 4.69) is 24.2 Å². The van der Waals surface area contributed by atoms with Gasteiger partial charge < -0.3 is 35.8 Å². The third kappa shape index (κ3) is 8.22. The van der Waals surface area contributed by atoms with Crippen molar-refractivity contribution in [3.8, 4) is 23.0 Å². The third-order valence-corrected chi connectivity index (χ3v) is 5.62. The highest BCUT2D eigenvalue weighted by atomic mass is 16.6. The summed E-state index contributed by atoms with van der Waals surface area (Å²) in [6.45, 7) is 3.53. The van der Waals surface area contributed by atoms with Crippen molar-refractivity contribution < 1.29 is 29.6 Å². The number of aliphatic imine (C=N–C) groups is 1. The molecule has 35 heavy (non-hydrogen) atoms. The zero-order valence-electron chi connectivity index (χ0n) is 20.6. The maximum absolute atomic E-state index is 12.5. The lowest BCUT2D eigenvalue weighted by Crippen LogP contribution is -2.22. The summed E-state index contributed by atoms with van der Waals surface area (Å²) in [7, 11) is 3.00. The molecule has 0 aromatic heterocycles. The number of rotatable bonds is 12. The zero-order chi connectivity index (χ0) is 26.0. The molecule has 0 saturated heterocycles. The first-order chi connectivity index (χ1) is 16.7. The maximum Gasteiger partial charge on any atom is 0.192 e. The van der Waals surface area contributed by atoms with Crippen LogP contribution in [-0.2, 0) is 17.6 Å². The highest BCUT2D eigenvalue weighted by Gasteiger charge is 2.17. The smallest absolute Gasteiger partial charge is 0.192 e.